The molecule has 0 saturated heterocycles. The second-order valence-corrected chi connectivity index (χ2v) is 3.17. The van der Waals surface area contributed by atoms with Gasteiger partial charge >= 0.3 is 0 Å². The Kier molecular flexibility index (Phi) is 3.38. The van der Waals surface area contributed by atoms with E-state index in [-0.39, 0.29) is 6.04 Å². The summed E-state index contributed by atoms with van der Waals surface area (Å²) in [6.07, 6.45) is 2.61. The van der Waals surface area contributed by atoms with Crippen LogP contribution in [0.1, 0.15) is 18.0 Å². The molecule has 0 bridgehead atoms. The molecule has 0 spiro atoms. The molecule has 0 aromatic heterocycles. The largest absolute Gasteiger partial charge is 0.324 e. The summed E-state index contributed by atoms with van der Waals surface area (Å²) in [4.78, 5) is 0.951. The van der Waals surface area contributed by atoms with Crippen molar-refractivity contribution in [2.45, 2.75) is 17.4 Å². The number of thiol groups is 1. The summed E-state index contributed by atoms with van der Waals surface area (Å²) in [6, 6.07) is 7.89. The summed E-state index contributed by atoms with van der Waals surface area (Å²) >= 11 is 4.32. The van der Waals surface area contributed by atoms with Gasteiger partial charge in [-0.2, -0.15) is 0 Å². The number of nitrogens with two attached hydrogens (primary N) is 1. The van der Waals surface area contributed by atoms with Crippen LogP contribution >= 0.6 is 12.6 Å². The van der Waals surface area contributed by atoms with E-state index in [2.05, 4.69) is 19.2 Å². The average molecular weight is 179 g/mol. The van der Waals surface area contributed by atoms with E-state index >= 15 is 0 Å². The zero-order valence-electron chi connectivity index (χ0n) is 6.90. The Labute approximate surface area is 78.7 Å². The van der Waals surface area contributed by atoms with Crippen molar-refractivity contribution >= 4 is 12.6 Å². The van der Waals surface area contributed by atoms with Crippen LogP contribution in [0.4, 0.5) is 0 Å². The minimum Gasteiger partial charge on any atom is -0.324 e. The number of benzene rings is 1. The first-order valence-corrected chi connectivity index (χ1v) is 4.34. The molecule has 12 heavy (non-hydrogen) atoms. The quantitative estimate of drug-likeness (QED) is 0.541. The molecule has 0 aliphatic rings. The Morgan fingerprint density at radius 1 is 1.50 bits per heavy atom. The van der Waals surface area contributed by atoms with Gasteiger partial charge in [0.2, 0.25) is 0 Å². The fourth-order valence-electron chi connectivity index (χ4n) is 1.11. The van der Waals surface area contributed by atoms with Crippen molar-refractivity contribution in [2.24, 2.45) is 5.73 Å². The summed E-state index contributed by atoms with van der Waals surface area (Å²) in [5, 5.41) is 0. The highest BCUT2D eigenvalue weighted by Gasteiger charge is 2.05. The van der Waals surface area contributed by atoms with Crippen LogP contribution in [0, 0.1) is 0 Å². The van der Waals surface area contributed by atoms with E-state index < -0.39 is 0 Å². The molecule has 0 aliphatic heterocycles. The number of hydrogen-bond donors (Lipinski definition) is 2. The maximum Gasteiger partial charge on any atom is 0.0340 e. The fraction of sp³-hybridized carbons (Fsp3) is 0.200. The molecule has 0 fully saturated rings. The van der Waals surface area contributed by atoms with E-state index in [9.17, 15) is 0 Å². The van der Waals surface area contributed by atoms with Crippen LogP contribution in [-0.4, -0.2) is 0 Å². The molecule has 0 aliphatic carbocycles. The van der Waals surface area contributed by atoms with E-state index in [0.29, 0.717) is 0 Å². The molecule has 1 aromatic rings. The molecule has 2 N–H and O–H groups in total. The van der Waals surface area contributed by atoms with Crippen molar-refractivity contribution in [1.29, 1.82) is 0 Å². The molecule has 0 unspecified atom stereocenters. The van der Waals surface area contributed by atoms with Crippen LogP contribution in [0.2, 0.25) is 0 Å². The summed E-state index contributed by atoms with van der Waals surface area (Å²) in [5.74, 6) is 0. The van der Waals surface area contributed by atoms with Gasteiger partial charge in [0.05, 0.1) is 0 Å². The minimum absolute atomic E-state index is 0.0243. The Hall–Kier alpha value is -0.730. The van der Waals surface area contributed by atoms with E-state index in [0.717, 1.165) is 16.9 Å². The van der Waals surface area contributed by atoms with Gasteiger partial charge in [0, 0.05) is 10.9 Å². The third-order valence-corrected chi connectivity index (χ3v) is 2.16. The zero-order chi connectivity index (χ0) is 8.97. The maximum atomic E-state index is 5.89. The van der Waals surface area contributed by atoms with Crippen LogP contribution in [0.5, 0.6) is 0 Å². The van der Waals surface area contributed by atoms with Crippen molar-refractivity contribution in [3.63, 3.8) is 0 Å². The van der Waals surface area contributed by atoms with Crippen LogP contribution in [0.3, 0.4) is 0 Å². The molecule has 0 radical (unpaired) electrons. The van der Waals surface area contributed by atoms with Crippen molar-refractivity contribution in [3.8, 4) is 0 Å². The molecule has 0 heterocycles. The Morgan fingerprint density at radius 3 is 2.75 bits per heavy atom. The van der Waals surface area contributed by atoms with Gasteiger partial charge in [-0.25, -0.2) is 0 Å². The van der Waals surface area contributed by atoms with Gasteiger partial charge in [0.15, 0.2) is 0 Å². The Bertz CT molecular complexity index is 270. The zero-order valence-corrected chi connectivity index (χ0v) is 7.80. The van der Waals surface area contributed by atoms with Crippen LogP contribution in [0.25, 0.3) is 0 Å². The summed E-state index contributed by atoms with van der Waals surface area (Å²) in [5.41, 5.74) is 6.97. The second-order valence-electron chi connectivity index (χ2n) is 2.69. The van der Waals surface area contributed by atoms with Gasteiger partial charge in [-0.05, 0) is 18.1 Å². The predicted molar refractivity (Wildman–Crippen MR) is 55.4 cm³/mol. The molecule has 1 atom stereocenters. The van der Waals surface area contributed by atoms with Gasteiger partial charge in [-0.15, -0.1) is 19.2 Å². The second kappa shape index (κ2) is 4.33. The number of hydrogen-bond acceptors (Lipinski definition) is 2. The highest BCUT2D eigenvalue weighted by molar-refractivity contribution is 7.80. The smallest absolute Gasteiger partial charge is 0.0340 e. The highest BCUT2D eigenvalue weighted by Crippen LogP contribution is 2.21. The van der Waals surface area contributed by atoms with Crippen LogP contribution in [-0.2, 0) is 0 Å². The first-order valence-electron chi connectivity index (χ1n) is 3.90. The Morgan fingerprint density at radius 2 is 2.17 bits per heavy atom. The van der Waals surface area contributed by atoms with Crippen molar-refractivity contribution in [2.75, 3.05) is 0 Å². The van der Waals surface area contributed by atoms with Gasteiger partial charge < -0.3 is 5.73 Å². The topological polar surface area (TPSA) is 26.0 Å². The molecule has 1 rings (SSSR count). The molecule has 2 heteroatoms. The fourth-order valence-corrected chi connectivity index (χ4v) is 1.43. The van der Waals surface area contributed by atoms with Gasteiger partial charge in [-0.3, -0.25) is 0 Å². The highest BCUT2D eigenvalue weighted by atomic mass is 32.1. The van der Waals surface area contributed by atoms with Crippen molar-refractivity contribution in [3.05, 3.63) is 42.5 Å². The normalized spacial score (nSPS) is 12.5. The van der Waals surface area contributed by atoms with Gasteiger partial charge in [0.25, 0.3) is 0 Å². The lowest BCUT2D eigenvalue weighted by atomic mass is 10.1. The van der Waals surface area contributed by atoms with E-state index in [1.807, 2.05) is 30.3 Å². The molecule has 1 aromatic carbocycles. The molecular formula is C10H13NS. The summed E-state index contributed by atoms with van der Waals surface area (Å²) in [7, 11) is 0. The Balaban J connectivity index is 2.86. The molecule has 0 amide bonds. The van der Waals surface area contributed by atoms with Crippen LogP contribution < -0.4 is 5.73 Å². The summed E-state index contributed by atoms with van der Waals surface area (Å²) < 4.78 is 0. The monoisotopic (exact) mass is 179 g/mol. The molecular weight excluding hydrogens is 166 g/mol. The lowest BCUT2D eigenvalue weighted by Gasteiger charge is -2.11. The molecule has 0 saturated carbocycles. The average Bonchev–Trinajstić information content (AvgIpc) is 2.05. The first kappa shape index (κ1) is 9.36. The van der Waals surface area contributed by atoms with E-state index in [1.54, 1.807) is 0 Å². The third-order valence-electron chi connectivity index (χ3n) is 1.76. The van der Waals surface area contributed by atoms with Gasteiger partial charge in [0.1, 0.15) is 0 Å². The SMILES string of the molecule is C=CC[C@H](N)c1ccccc1S. The summed E-state index contributed by atoms with van der Waals surface area (Å²) in [6.45, 7) is 3.65. The molecule has 1 nitrogen and oxygen atoms in total. The van der Waals surface area contributed by atoms with Crippen molar-refractivity contribution in [1.82, 2.24) is 0 Å². The minimum atomic E-state index is 0.0243. The predicted octanol–water partition coefficient (Wildman–Crippen LogP) is 2.55. The lowest BCUT2D eigenvalue weighted by molar-refractivity contribution is 0.727. The van der Waals surface area contributed by atoms with Crippen LogP contribution in [0.15, 0.2) is 41.8 Å². The molecule has 64 valence electrons. The third kappa shape index (κ3) is 2.13. The van der Waals surface area contributed by atoms with E-state index in [1.165, 1.54) is 0 Å². The lowest BCUT2D eigenvalue weighted by Crippen LogP contribution is -2.09. The first-order chi connectivity index (χ1) is 5.75. The number of rotatable bonds is 3. The van der Waals surface area contributed by atoms with E-state index in [4.69, 9.17) is 5.73 Å². The maximum absolute atomic E-state index is 5.89. The van der Waals surface area contributed by atoms with Gasteiger partial charge in [-0.1, -0.05) is 24.3 Å². The van der Waals surface area contributed by atoms with Crippen molar-refractivity contribution < 1.29 is 0 Å². The standard InChI is InChI=1S/C10H13NS/c1-2-5-9(11)8-6-3-4-7-10(8)12/h2-4,6-7,9,12H,1,5,11H2/t9-/m0/s1.